The molecule has 1 fully saturated rings. The van der Waals surface area contributed by atoms with Crippen LogP contribution in [0.2, 0.25) is 0 Å². The predicted molar refractivity (Wildman–Crippen MR) is 77.8 cm³/mol. The second-order valence-electron chi connectivity index (χ2n) is 4.79. The summed E-state index contributed by atoms with van der Waals surface area (Å²) >= 11 is 1.19. The monoisotopic (exact) mass is 298 g/mol. The number of thiophene rings is 1. The molecular formula is C13H18N2O4S. The van der Waals surface area contributed by atoms with Crippen LogP contribution in [0.4, 0.5) is 10.7 Å². The molecule has 1 saturated heterocycles. The highest BCUT2D eigenvalue weighted by molar-refractivity contribution is 7.18. The summed E-state index contributed by atoms with van der Waals surface area (Å²) in [6.45, 7) is 5.42. The number of nitrogens with zero attached hydrogens (tertiary/aromatic N) is 2. The van der Waals surface area contributed by atoms with E-state index in [2.05, 4.69) is 0 Å². The molecule has 1 aromatic rings. The van der Waals surface area contributed by atoms with Crippen molar-refractivity contribution in [1.82, 2.24) is 0 Å². The largest absolute Gasteiger partial charge is 0.376 e. The Labute approximate surface area is 121 Å². The van der Waals surface area contributed by atoms with E-state index in [0.29, 0.717) is 23.0 Å². The van der Waals surface area contributed by atoms with Crippen molar-refractivity contribution in [3.8, 4) is 0 Å². The summed E-state index contributed by atoms with van der Waals surface area (Å²) in [7, 11) is 0. The minimum atomic E-state index is -0.420. The molecule has 0 aliphatic carbocycles. The van der Waals surface area contributed by atoms with Crippen molar-refractivity contribution in [3.05, 3.63) is 21.1 Å². The molecule has 0 amide bonds. The van der Waals surface area contributed by atoms with E-state index in [1.807, 2.05) is 11.8 Å². The number of ketones is 1. The van der Waals surface area contributed by atoms with Gasteiger partial charge in [-0.05, 0) is 26.7 Å². The molecule has 20 heavy (non-hydrogen) atoms. The molecule has 0 radical (unpaired) electrons. The predicted octanol–water partition coefficient (Wildman–Crippen LogP) is 2.86. The van der Waals surface area contributed by atoms with Crippen molar-refractivity contribution < 1.29 is 14.5 Å². The Morgan fingerprint density at radius 3 is 2.90 bits per heavy atom. The maximum absolute atomic E-state index is 11.4. The summed E-state index contributed by atoms with van der Waals surface area (Å²) in [4.78, 5) is 24.5. The summed E-state index contributed by atoms with van der Waals surface area (Å²) in [6.07, 6.45) is 2.14. The molecular weight excluding hydrogens is 280 g/mol. The first-order chi connectivity index (χ1) is 9.52. The standard InChI is InChI=1S/C13H18N2O4S/c1-3-14(8-10-5-4-6-19-10)13-11(15(17)18)7-12(20-13)9(2)16/h7,10H,3-6,8H2,1-2H3. The van der Waals surface area contributed by atoms with Crippen molar-refractivity contribution >= 4 is 27.8 Å². The van der Waals surface area contributed by atoms with Crippen LogP contribution in [-0.4, -0.2) is 36.5 Å². The third kappa shape index (κ3) is 3.16. The third-order valence-electron chi connectivity index (χ3n) is 3.35. The number of anilines is 1. The normalized spacial score (nSPS) is 18.2. The van der Waals surface area contributed by atoms with Crippen molar-refractivity contribution in [2.24, 2.45) is 0 Å². The molecule has 0 aromatic carbocycles. The van der Waals surface area contributed by atoms with Gasteiger partial charge in [0.05, 0.1) is 15.9 Å². The first-order valence-electron chi connectivity index (χ1n) is 6.68. The number of likely N-dealkylation sites (N-methyl/N-ethyl adjacent to an activating group) is 1. The quantitative estimate of drug-likeness (QED) is 0.459. The molecule has 0 saturated carbocycles. The van der Waals surface area contributed by atoms with Gasteiger partial charge in [0.25, 0.3) is 0 Å². The van der Waals surface area contributed by atoms with Crippen LogP contribution in [0.15, 0.2) is 6.07 Å². The maximum Gasteiger partial charge on any atom is 0.304 e. The van der Waals surface area contributed by atoms with Gasteiger partial charge in [-0.2, -0.15) is 0 Å². The number of rotatable bonds is 6. The number of hydrogen-bond acceptors (Lipinski definition) is 6. The van der Waals surface area contributed by atoms with Crippen molar-refractivity contribution in [1.29, 1.82) is 0 Å². The average Bonchev–Trinajstić information content (AvgIpc) is 3.04. The molecule has 2 heterocycles. The minimum Gasteiger partial charge on any atom is -0.376 e. The van der Waals surface area contributed by atoms with Crippen LogP contribution in [0, 0.1) is 10.1 Å². The number of hydrogen-bond donors (Lipinski definition) is 0. The zero-order valence-corrected chi connectivity index (χ0v) is 12.4. The zero-order chi connectivity index (χ0) is 14.7. The van der Waals surface area contributed by atoms with E-state index in [9.17, 15) is 14.9 Å². The van der Waals surface area contributed by atoms with Gasteiger partial charge in [-0.25, -0.2) is 0 Å². The van der Waals surface area contributed by atoms with E-state index >= 15 is 0 Å². The highest BCUT2D eigenvalue weighted by Crippen LogP contribution is 2.38. The highest BCUT2D eigenvalue weighted by Gasteiger charge is 2.27. The smallest absolute Gasteiger partial charge is 0.304 e. The lowest BCUT2D eigenvalue weighted by Gasteiger charge is -2.23. The van der Waals surface area contributed by atoms with Gasteiger partial charge in [-0.15, -0.1) is 11.3 Å². The third-order valence-corrected chi connectivity index (χ3v) is 4.64. The fraction of sp³-hybridized carbons (Fsp3) is 0.615. The molecule has 1 unspecified atom stereocenters. The lowest BCUT2D eigenvalue weighted by Crippen LogP contribution is -2.31. The van der Waals surface area contributed by atoms with Crippen LogP contribution >= 0.6 is 11.3 Å². The van der Waals surface area contributed by atoms with Crippen molar-refractivity contribution in [2.45, 2.75) is 32.8 Å². The molecule has 2 rings (SSSR count). The van der Waals surface area contributed by atoms with Gasteiger partial charge >= 0.3 is 5.69 Å². The fourth-order valence-corrected chi connectivity index (χ4v) is 3.39. The number of carbonyl (C=O) groups is 1. The molecule has 7 heteroatoms. The lowest BCUT2D eigenvalue weighted by molar-refractivity contribution is -0.383. The van der Waals surface area contributed by atoms with Gasteiger partial charge in [-0.3, -0.25) is 14.9 Å². The Bertz CT molecular complexity index is 508. The second-order valence-corrected chi connectivity index (χ2v) is 5.82. The summed E-state index contributed by atoms with van der Waals surface area (Å²) < 4.78 is 5.59. The molecule has 6 nitrogen and oxygen atoms in total. The van der Waals surface area contributed by atoms with E-state index in [1.54, 1.807) is 0 Å². The Morgan fingerprint density at radius 1 is 1.65 bits per heavy atom. The molecule has 1 aliphatic rings. The van der Waals surface area contributed by atoms with Gasteiger partial charge in [0, 0.05) is 25.8 Å². The zero-order valence-electron chi connectivity index (χ0n) is 11.6. The van der Waals surface area contributed by atoms with E-state index in [-0.39, 0.29) is 17.6 Å². The van der Waals surface area contributed by atoms with E-state index in [0.717, 1.165) is 19.4 Å². The summed E-state index contributed by atoms with van der Waals surface area (Å²) in [5.74, 6) is -0.141. The molecule has 110 valence electrons. The van der Waals surface area contributed by atoms with Crippen LogP contribution in [0.1, 0.15) is 36.4 Å². The summed E-state index contributed by atoms with van der Waals surface area (Å²) in [5, 5.41) is 11.7. The molecule has 1 atom stereocenters. The van der Waals surface area contributed by atoms with Crippen LogP contribution in [0.3, 0.4) is 0 Å². The van der Waals surface area contributed by atoms with E-state index in [4.69, 9.17) is 4.74 Å². The molecule has 0 spiro atoms. The van der Waals surface area contributed by atoms with Gasteiger partial charge in [-0.1, -0.05) is 0 Å². The Kier molecular flexibility index (Phi) is 4.72. The van der Waals surface area contributed by atoms with Gasteiger partial charge < -0.3 is 9.64 Å². The van der Waals surface area contributed by atoms with Crippen LogP contribution < -0.4 is 4.90 Å². The lowest BCUT2D eigenvalue weighted by atomic mass is 10.2. The summed E-state index contributed by atoms with van der Waals surface area (Å²) in [6, 6.07) is 1.38. The SMILES string of the molecule is CCN(CC1CCCO1)c1sc(C(C)=O)cc1[N+](=O)[O-]. The molecule has 0 N–H and O–H groups in total. The maximum atomic E-state index is 11.4. The van der Waals surface area contributed by atoms with Gasteiger partial charge in [0.1, 0.15) is 0 Å². The van der Waals surface area contributed by atoms with Crippen molar-refractivity contribution in [3.63, 3.8) is 0 Å². The van der Waals surface area contributed by atoms with Crippen LogP contribution in [0.5, 0.6) is 0 Å². The Hall–Kier alpha value is -1.47. The average molecular weight is 298 g/mol. The Balaban J connectivity index is 2.26. The van der Waals surface area contributed by atoms with E-state index in [1.165, 1.54) is 24.3 Å². The summed E-state index contributed by atoms with van der Waals surface area (Å²) in [5.41, 5.74) is 0.0139. The van der Waals surface area contributed by atoms with Gasteiger partial charge in [0.2, 0.25) is 0 Å². The number of carbonyl (C=O) groups excluding carboxylic acids is 1. The first-order valence-corrected chi connectivity index (χ1v) is 7.50. The molecule has 1 aliphatic heterocycles. The number of ether oxygens (including phenoxy) is 1. The number of Topliss-reactive ketones (excluding diaryl/α,β-unsaturated/α-hetero) is 1. The van der Waals surface area contributed by atoms with E-state index < -0.39 is 4.92 Å². The van der Waals surface area contributed by atoms with Gasteiger partial charge in [0.15, 0.2) is 10.8 Å². The molecule has 1 aromatic heterocycles. The highest BCUT2D eigenvalue weighted by atomic mass is 32.1. The Morgan fingerprint density at radius 2 is 2.40 bits per heavy atom. The number of nitro groups is 1. The van der Waals surface area contributed by atoms with Crippen LogP contribution in [-0.2, 0) is 4.74 Å². The minimum absolute atomic E-state index is 0.0139. The second kappa shape index (κ2) is 6.32. The van der Waals surface area contributed by atoms with Crippen LogP contribution in [0.25, 0.3) is 0 Å². The molecule has 0 bridgehead atoms. The van der Waals surface area contributed by atoms with Crippen molar-refractivity contribution in [2.75, 3.05) is 24.6 Å². The fourth-order valence-electron chi connectivity index (χ4n) is 2.29. The first kappa shape index (κ1) is 14.9. The topological polar surface area (TPSA) is 72.7 Å².